The highest BCUT2D eigenvalue weighted by Crippen LogP contribution is 2.34. The number of carbonyl (C=O) groups excluding carboxylic acids is 1. The van der Waals surface area contributed by atoms with Gasteiger partial charge in [0.2, 0.25) is 0 Å². The van der Waals surface area contributed by atoms with Gasteiger partial charge in [-0.25, -0.2) is 14.8 Å². The van der Waals surface area contributed by atoms with Gasteiger partial charge in [0, 0.05) is 48.1 Å². The van der Waals surface area contributed by atoms with E-state index in [1.807, 2.05) is 0 Å². The quantitative estimate of drug-likeness (QED) is 0.264. The number of ether oxygens (including phenoxy) is 3. The standard InChI is InChI=1S/C21H21ClN4O4/c1-4-29-21(27)19-14-8-13(22)5-6-17(14)25-20(26-19)15-7-12(10-24-2)16(23)9-18(15)30-11-28-3/h5-10H,4,11,23H2,1-3H3. The molecule has 3 aromatic rings. The molecule has 1 heterocycles. The van der Waals surface area contributed by atoms with Crippen LogP contribution < -0.4 is 10.5 Å². The summed E-state index contributed by atoms with van der Waals surface area (Å²) in [5, 5.41) is 0.956. The van der Waals surface area contributed by atoms with Crippen molar-refractivity contribution in [1.82, 2.24) is 9.97 Å². The third-order valence-corrected chi connectivity index (χ3v) is 4.39. The highest BCUT2D eigenvalue weighted by molar-refractivity contribution is 6.31. The van der Waals surface area contributed by atoms with Crippen LogP contribution in [0.1, 0.15) is 23.0 Å². The molecule has 0 atom stereocenters. The number of hydrogen-bond donors (Lipinski definition) is 1. The average molecular weight is 429 g/mol. The van der Waals surface area contributed by atoms with Crippen LogP contribution in [0.2, 0.25) is 5.02 Å². The van der Waals surface area contributed by atoms with Crippen molar-refractivity contribution in [3.63, 3.8) is 0 Å². The van der Waals surface area contributed by atoms with Crippen molar-refractivity contribution in [1.29, 1.82) is 0 Å². The molecular formula is C21H21ClN4O4. The van der Waals surface area contributed by atoms with Crippen LogP contribution in [0.25, 0.3) is 22.3 Å². The highest BCUT2D eigenvalue weighted by Gasteiger charge is 2.20. The topological polar surface area (TPSA) is 109 Å². The fourth-order valence-corrected chi connectivity index (χ4v) is 3.03. The number of carbonyl (C=O) groups is 1. The van der Waals surface area contributed by atoms with E-state index in [9.17, 15) is 4.79 Å². The zero-order valence-electron chi connectivity index (χ0n) is 16.8. The van der Waals surface area contributed by atoms with E-state index in [-0.39, 0.29) is 24.9 Å². The average Bonchev–Trinajstić information content (AvgIpc) is 2.73. The molecule has 0 amide bonds. The molecule has 1 aromatic heterocycles. The molecule has 0 unspecified atom stereocenters. The number of nitrogens with two attached hydrogens (primary N) is 1. The number of aliphatic imine (C=N–C) groups is 1. The van der Waals surface area contributed by atoms with E-state index in [0.29, 0.717) is 38.5 Å². The van der Waals surface area contributed by atoms with Gasteiger partial charge in [0.1, 0.15) is 5.75 Å². The maximum atomic E-state index is 12.6. The maximum Gasteiger partial charge on any atom is 0.357 e. The van der Waals surface area contributed by atoms with Crippen LogP contribution in [-0.2, 0) is 9.47 Å². The van der Waals surface area contributed by atoms with E-state index in [1.165, 1.54) is 7.11 Å². The summed E-state index contributed by atoms with van der Waals surface area (Å²) >= 11 is 6.11. The molecule has 8 nitrogen and oxygen atoms in total. The highest BCUT2D eigenvalue weighted by atomic mass is 35.5. The van der Waals surface area contributed by atoms with Gasteiger partial charge >= 0.3 is 5.97 Å². The number of esters is 1. The van der Waals surface area contributed by atoms with Gasteiger partial charge in [-0.15, -0.1) is 0 Å². The predicted molar refractivity (Wildman–Crippen MR) is 116 cm³/mol. The Morgan fingerprint density at radius 3 is 2.77 bits per heavy atom. The van der Waals surface area contributed by atoms with E-state index in [0.717, 1.165) is 0 Å². The van der Waals surface area contributed by atoms with E-state index < -0.39 is 5.97 Å². The van der Waals surface area contributed by atoms with E-state index in [4.69, 9.17) is 31.5 Å². The summed E-state index contributed by atoms with van der Waals surface area (Å²) in [4.78, 5) is 25.7. The lowest BCUT2D eigenvalue weighted by Crippen LogP contribution is -2.10. The van der Waals surface area contributed by atoms with Crippen LogP contribution in [0.5, 0.6) is 5.75 Å². The second-order valence-electron chi connectivity index (χ2n) is 6.19. The molecular weight excluding hydrogens is 408 g/mol. The molecule has 0 aliphatic heterocycles. The van der Waals surface area contributed by atoms with Crippen LogP contribution in [-0.4, -0.2) is 49.7 Å². The normalized spacial score (nSPS) is 11.2. The molecule has 156 valence electrons. The third-order valence-electron chi connectivity index (χ3n) is 4.15. The number of nitrogens with zero attached hydrogens (tertiary/aromatic N) is 3. The first-order valence-corrected chi connectivity index (χ1v) is 9.48. The van der Waals surface area contributed by atoms with Gasteiger partial charge in [0.25, 0.3) is 0 Å². The van der Waals surface area contributed by atoms with Crippen molar-refractivity contribution in [2.75, 3.05) is 33.3 Å². The molecule has 0 saturated heterocycles. The SMILES string of the molecule is CCOC(=O)c1nc(-c2cc(C=NC)c(N)cc2OCOC)nc2ccc(Cl)cc12. The van der Waals surface area contributed by atoms with Crippen molar-refractivity contribution in [3.8, 4) is 17.1 Å². The van der Waals surface area contributed by atoms with Crippen LogP contribution in [0.4, 0.5) is 5.69 Å². The molecule has 3 rings (SSSR count). The number of fused-ring (bicyclic) bond motifs is 1. The van der Waals surface area contributed by atoms with Gasteiger partial charge in [-0.2, -0.15) is 0 Å². The van der Waals surface area contributed by atoms with Crippen LogP contribution in [0.15, 0.2) is 35.3 Å². The first kappa shape index (κ1) is 21.5. The summed E-state index contributed by atoms with van der Waals surface area (Å²) in [6.07, 6.45) is 1.62. The number of aromatic nitrogens is 2. The van der Waals surface area contributed by atoms with Crippen molar-refractivity contribution in [2.24, 2.45) is 4.99 Å². The minimum atomic E-state index is -0.571. The maximum absolute atomic E-state index is 12.6. The Kier molecular flexibility index (Phi) is 6.81. The minimum absolute atomic E-state index is 0.00156. The first-order chi connectivity index (χ1) is 14.5. The number of nitrogen functional groups attached to an aromatic ring is 1. The minimum Gasteiger partial charge on any atom is -0.467 e. The predicted octanol–water partition coefficient (Wildman–Crippen LogP) is 3.74. The Balaban J connectivity index is 2.28. The smallest absolute Gasteiger partial charge is 0.357 e. The Labute approximate surface area is 178 Å². The zero-order chi connectivity index (χ0) is 21.7. The molecule has 0 radical (unpaired) electrons. The Hall–Kier alpha value is -3.23. The number of rotatable bonds is 7. The van der Waals surface area contributed by atoms with Crippen molar-refractivity contribution in [3.05, 3.63) is 46.6 Å². The lowest BCUT2D eigenvalue weighted by Gasteiger charge is -2.14. The molecule has 30 heavy (non-hydrogen) atoms. The van der Waals surface area contributed by atoms with Crippen LogP contribution in [0.3, 0.4) is 0 Å². The Morgan fingerprint density at radius 1 is 1.27 bits per heavy atom. The lowest BCUT2D eigenvalue weighted by atomic mass is 10.1. The molecule has 0 aliphatic rings. The second-order valence-corrected chi connectivity index (χ2v) is 6.63. The Morgan fingerprint density at radius 2 is 2.07 bits per heavy atom. The van der Waals surface area contributed by atoms with Gasteiger partial charge in [0.15, 0.2) is 18.3 Å². The summed E-state index contributed by atoms with van der Waals surface area (Å²) in [6.45, 7) is 1.94. The van der Waals surface area contributed by atoms with E-state index >= 15 is 0 Å². The molecule has 2 N–H and O–H groups in total. The number of benzene rings is 2. The third kappa shape index (κ3) is 4.50. The van der Waals surface area contributed by atoms with Gasteiger partial charge in [-0.05, 0) is 31.2 Å². The fourth-order valence-electron chi connectivity index (χ4n) is 2.86. The van der Waals surface area contributed by atoms with Gasteiger partial charge in [0.05, 0.1) is 17.7 Å². The number of methoxy groups -OCH3 is 1. The van der Waals surface area contributed by atoms with Crippen LogP contribution >= 0.6 is 11.6 Å². The number of halogens is 1. The number of anilines is 1. The summed E-state index contributed by atoms with van der Waals surface area (Å²) in [7, 11) is 3.15. The molecule has 0 fully saturated rings. The summed E-state index contributed by atoms with van der Waals surface area (Å²) in [6, 6.07) is 8.43. The second kappa shape index (κ2) is 9.51. The van der Waals surface area contributed by atoms with Crippen molar-refractivity contribution in [2.45, 2.75) is 6.92 Å². The first-order valence-electron chi connectivity index (χ1n) is 9.10. The zero-order valence-corrected chi connectivity index (χ0v) is 17.6. The van der Waals surface area contributed by atoms with Crippen molar-refractivity contribution >= 4 is 40.4 Å². The molecule has 0 aliphatic carbocycles. The molecule has 2 aromatic carbocycles. The molecule has 9 heteroatoms. The summed E-state index contributed by atoms with van der Waals surface area (Å²) in [5.74, 6) is 0.106. The van der Waals surface area contributed by atoms with Crippen LogP contribution in [0, 0.1) is 0 Å². The summed E-state index contributed by atoms with van der Waals surface area (Å²) in [5.41, 5.74) is 8.41. The van der Waals surface area contributed by atoms with Crippen molar-refractivity contribution < 1.29 is 19.0 Å². The van der Waals surface area contributed by atoms with Gasteiger partial charge < -0.3 is 19.9 Å². The largest absolute Gasteiger partial charge is 0.467 e. The van der Waals surface area contributed by atoms with Gasteiger partial charge in [-0.3, -0.25) is 4.99 Å². The molecule has 0 spiro atoms. The Bertz CT molecular complexity index is 1120. The van der Waals surface area contributed by atoms with E-state index in [2.05, 4.69) is 15.0 Å². The molecule has 0 bridgehead atoms. The lowest BCUT2D eigenvalue weighted by molar-refractivity contribution is 0.0511. The fraction of sp³-hybridized carbons (Fsp3) is 0.238. The summed E-state index contributed by atoms with van der Waals surface area (Å²) < 4.78 is 15.9. The van der Waals surface area contributed by atoms with E-state index in [1.54, 1.807) is 50.5 Å². The van der Waals surface area contributed by atoms with Gasteiger partial charge in [-0.1, -0.05) is 11.6 Å². The number of hydrogen-bond acceptors (Lipinski definition) is 8. The monoisotopic (exact) mass is 428 g/mol. The molecule has 0 saturated carbocycles.